The van der Waals surface area contributed by atoms with Crippen LogP contribution in [0, 0.1) is 0 Å². The number of carbonyl (C=O) groups excluding carboxylic acids is 2. The molecule has 8 heteroatoms. The second-order valence-electron chi connectivity index (χ2n) is 7.90. The van der Waals surface area contributed by atoms with Crippen LogP contribution in [0.4, 0.5) is 0 Å². The smallest absolute Gasteiger partial charge is 0.359 e. The lowest BCUT2D eigenvalue weighted by Gasteiger charge is -2.29. The van der Waals surface area contributed by atoms with Crippen LogP contribution in [-0.4, -0.2) is 39.4 Å². The first kappa shape index (κ1) is 24.3. The van der Waals surface area contributed by atoms with Gasteiger partial charge in [0.1, 0.15) is 18.1 Å². The number of rotatable bonds is 8. The summed E-state index contributed by atoms with van der Waals surface area (Å²) in [5.41, 5.74) is 0.0327. The first-order valence-corrected chi connectivity index (χ1v) is 11.0. The molecule has 35 heavy (non-hydrogen) atoms. The Morgan fingerprint density at radius 3 is 2.23 bits per heavy atom. The van der Waals surface area contributed by atoms with Crippen molar-refractivity contribution in [2.75, 3.05) is 21.3 Å². The van der Waals surface area contributed by atoms with E-state index in [1.165, 1.54) is 21.3 Å². The zero-order valence-corrected chi connectivity index (χ0v) is 19.7. The van der Waals surface area contributed by atoms with Gasteiger partial charge in [0.25, 0.3) is 0 Å². The maximum Gasteiger partial charge on any atom is 0.359 e. The Morgan fingerprint density at radius 1 is 0.914 bits per heavy atom. The molecule has 1 heterocycles. The minimum absolute atomic E-state index is 0.0177. The fourth-order valence-corrected chi connectivity index (χ4v) is 4.08. The van der Waals surface area contributed by atoms with Crippen molar-refractivity contribution in [3.63, 3.8) is 0 Å². The van der Waals surface area contributed by atoms with E-state index in [2.05, 4.69) is 5.32 Å². The molecule has 0 spiro atoms. The molecule has 3 aromatic carbocycles. The first-order valence-electron chi connectivity index (χ1n) is 11.0. The highest BCUT2D eigenvalue weighted by molar-refractivity contribution is 5.85. The van der Waals surface area contributed by atoms with Gasteiger partial charge in [-0.1, -0.05) is 60.7 Å². The summed E-state index contributed by atoms with van der Waals surface area (Å²) in [4.78, 5) is 26.5. The number of esters is 2. The monoisotopic (exact) mass is 477 g/mol. The number of hydrogen-bond acceptors (Lipinski definition) is 8. The SMILES string of the molecule is COC(=O)C1OC(C(=O)OCc2ccccc2)(c2ccc(OC)cc2OC)NC1c1ccccc1. The molecular formula is C27H27NO7. The molecule has 0 aromatic heterocycles. The fraction of sp³-hybridized carbons (Fsp3) is 0.259. The van der Waals surface area contributed by atoms with Crippen LogP contribution in [0.25, 0.3) is 0 Å². The molecule has 8 nitrogen and oxygen atoms in total. The van der Waals surface area contributed by atoms with Crippen molar-refractivity contribution in [3.05, 3.63) is 95.6 Å². The summed E-state index contributed by atoms with van der Waals surface area (Å²) in [5, 5.41) is 3.23. The van der Waals surface area contributed by atoms with Crippen LogP contribution in [0.15, 0.2) is 78.9 Å². The molecule has 3 unspecified atom stereocenters. The van der Waals surface area contributed by atoms with E-state index in [0.717, 1.165) is 11.1 Å². The quantitative estimate of drug-likeness (QED) is 0.493. The number of methoxy groups -OCH3 is 3. The third-order valence-corrected chi connectivity index (χ3v) is 5.85. The normalized spacial score (nSPS) is 21.2. The Hall–Kier alpha value is -3.88. The minimum Gasteiger partial charge on any atom is -0.497 e. The highest BCUT2D eigenvalue weighted by Crippen LogP contribution is 2.44. The van der Waals surface area contributed by atoms with Crippen molar-refractivity contribution in [3.8, 4) is 11.5 Å². The van der Waals surface area contributed by atoms with Crippen molar-refractivity contribution < 1.29 is 33.3 Å². The summed E-state index contributed by atoms with van der Waals surface area (Å²) >= 11 is 0. The van der Waals surface area contributed by atoms with Gasteiger partial charge in [-0.15, -0.1) is 0 Å². The van der Waals surface area contributed by atoms with Crippen molar-refractivity contribution in [1.82, 2.24) is 5.32 Å². The number of carbonyl (C=O) groups is 2. The number of nitrogens with one attached hydrogen (secondary N) is 1. The van der Waals surface area contributed by atoms with Crippen LogP contribution in [-0.2, 0) is 36.1 Å². The van der Waals surface area contributed by atoms with Gasteiger partial charge in [-0.2, -0.15) is 0 Å². The molecule has 1 N–H and O–H groups in total. The molecule has 182 valence electrons. The number of hydrogen-bond donors (Lipinski definition) is 1. The lowest BCUT2D eigenvalue weighted by molar-refractivity contribution is -0.182. The molecule has 1 saturated heterocycles. The average molecular weight is 478 g/mol. The molecule has 1 aliphatic heterocycles. The van der Waals surface area contributed by atoms with Crippen LogP contribution in [0.1, 0.15) is 22.7 Å². The van der Waals surface area contributed by atoms with Crippen molar-refractivity contribution in [2.24, 2.45) is 0 Å². The molecule has 0 saturated carbocycles. The number of benzene rings is 3. The summed E-state index contributed by atoms with van der Waals surface area (Å²) in [5.74, 6) is -0.500. The van der Waals surface area contributed by atoms with E-state index in [-0.39, 0.29) is 6.61 Å². The second-order valence-corrected chi connectivity index (χ2v) is 7.90. The van der Waals surface area contributed by atoms with Crippen LogP contribution in [0.3, 0.4) is 0 Å². The summed E-state index contributed by atoms with van der Waals surface area (Å²) < 4.78 is 27.8. The molecule has 4 rings (SSSR count). The Labute approximate surface area is 203 Å². The van der Waals surface area contributed by atoms with Crippen molar-refractivity contribution >= 4 is 11.9 Å². The van der Waals surface area contributed by atoms with Gasteiger partial charge in [0.15, 0.2) is 6.10 Å². The van der Waals surface area contributed by atoms with Gasteiger partial charge in [0.05, 0.1) is 32.9 Å². The van der Waals surface area contributed by atoms with Gasteiger partial charge < -0.3 is 23.7 Å². The van der Waals surface area contributed by atoms with Gasteiger partial charge in [-0.25, -0.2) is 9.59 Å². The van der Waals surface area contributed by atoms with Crippen molar-refractivity contribution in [2.45, 2.75) is 24.5 Å². The molecule has 0 amide bonds. The molecule has 0 bridgehead atoms. The maximum atomic E-state index is 13.7. The topological polar surface area (TPSA) is 92.3 Å². The van der Waals surface area contributed by atoms with Gasteiger partial charge in [0.2, 0.25) is 5.72 Å². The average Bonchev–Trinajstić information content (AvgIpc) is 3.34. The summed E-state index contributed by atoms with van der Waals surface area (Å²) in [7, 11) is 4.28. The summed E-state index contributed by atoms with van der Waals surface area (Å²) in [6.07, 6.45) is -1.13. The van der Waals surface area contributed by atoms with Crippen LogP contribution in [0.2, 0.25) is 0 Å². The van der Waals surface area contributed by atoms with Gasteiger partial charge >= 0.3 is 11.9 Å². The second kappa shape index (κ2) is 10.6. The Bertz CT molecular complexity index is 1170. The lowest BCUT2D eigenvalue weighted by Crippen LogP contribution is -2.48. The van der Waals surface area contributed by atoms with E-state index in [0.29, 0.717) is 17.1 Å². The van der Waals surface area contributed by atoms with E-state index >= 15 is 0 Å². The van der Waals surface area contributed by atoms with Crippen LogP contribution in [0.5, 0.6) is 11.5 Å². The molecule has 3 aromatic rings. The van der Waals surface area contributed by atoms with Gasteiger partial charge in [-0.3, -0.25) is 5.32 Å². The summed E-state index contributed by atoms with van der Waals surface area (Å²) in [6.45, 7) is 0.0177. The molecule has 1 fully saturated rings. The van der Waals surface area contributed by atoms with E-state index in [4.69, 9.17) is 23.7 Å². The third-order valence-electron chi connectivity index (χ3n) is 5.85. The maximum absolute atomic E-state index is 13.7. The molecular weight excluding hydrogens is 450 g/mol. The van der Waals surface area contributed by atoms with E-state index in [1.54, 1.807) is 18.2 Å². The predicted octanol–water partition coefficient (Wildman–Crippen LogP) is 3.50. The lowest BCUT2D eigenvalue weighted by atomic mass is 9.99. The Kier molecular flexibility index (Phi) is 7.33. The molecule has 0 radical (unpaired) electrons. The molecule has 3 atom stereocenters. The van der Waals surface area contributed by atoms with Gasteiger partial charge in [0, 0.05) is 6.07 Å². The zero-order valence-electron chi connectivity index (χ0n) is 19.7. The van der Waals surface area contributed by atoms with E-state index in [9.17, 15) is 9.59 Å². The van der Waals surface area contributed by atoms with Crippen LogP contribution < -0.4 is 14.8 Å². The molecule has 0 aliphatic carbocycles. The van der Waals surface area contributed by atoms with E-state index < -0.39 is 29.8 Å². The largest absolute Gasteiger partial charge is 0.497 e. The molecule has 1 aliphatic rings. The third kappa shape index (κ3) is 4.84. The predicted molar refractivity (Wildman–Crippen MR) is 127 cm³/mol. The zero-order chi connectivity index (χ0) is 24.8. The highest BCUT2D eigenvalue weighted by Gasteiger charge is 2.58. The van der Waals surface area contributed by atoms with Gasteiger partial charge in [-0.05, 0) is 23.3 Å². The van der Waals surface area contributed by atoms with Crippen LogP contribution >= 0.6 is 0 Å². The van der Waals surface area contributed by atoms with E-state index in [1.807, 2.05) is 60.7 Å². The fourth-order valence-electron chi connectivity index (χ4n) is 4.08. The highest BCUT2D eigenvalue weighted by atomic mass is 16.6. The van der Waals surface area contributed by atoms with Crippen molar-refractivity contribution in [1.29, 1.82) is 0 Å². The summed E-state index contributed by atoms with van der Waals surface area (Å²) in [6, 6.07) is 22.8. The minimum atomic E-state index is -1.86. The number of ether oxygens (including phenoxy) is 5. The standard InChI is InChI=1S/C27H27NO7/c1-31-20-14-15-21(22(16-20)32-2)27(26(30)34-17-18-10-6-4-7-11-18)28-23(19-12-8-5-9-13-19)24(35-27)25(29)33-3/h4-16,23-24,28H,17H2,1-3H3. The Balaban J connectivity index is 1.80. The first-order chi connectivity index (χ1) is 17.0. The Morgan fingerprint density at radius 2 is 1.60 bits per heavy atom.